The van der Waals surface area contributed by atoms with Gasteiger partial charge in [-0.05, 0) is 44.2 Å². The fourth-order valence-corrected chi connectivity index (χ4v) is 3.18. The van der Waals surface area contributed by atoms with Gasteiger partial charge >= 0.3 is 5.97 Å². The van der Waals surface area contributed by atoms with Gasteiger partial charge in [-0.1, -0.05) is 0 Å². The number of carbonyl (C=O) groups is 1. The van der Waals surface area contributed by atoms with E-state index in [0.29, 0.717) is 12.2 Å². The first kappa shape index (κ1) is 14.6. The SMILES string of the molecule is CCOC(=O)/C=C/c1cc([N+](=O)[O-])ccc1NC12CC(C1)C2. The smallest absolute Gasteiger partial charge is 0.330 e. The average Bonchev–Trinajstić information content (AvgIpc) is 2.40. The molecule has 0 unspecified atom stereocenters. The summed E-state index contributed by atoms with van der Waals surface area (Å²) in [5, 5.41) is 14.4. The van der Waals surface area contributed by atoms with Crippen molar-refractivity contribution in [1.29, 1.82) is 0 Å². The molecule has 0 amide bonds. The number of nitro benzene ring substituents is 1. The second kappa shape index (κ2) is 5.44. The molecule has 0 radical (unpaired) electrons. The van der Waals surface area contributed by atoms with Crippen LogP contribution in [0.25, 0.3) is 6.08 Å². The summed E-state index contributed by atoms with van der Waals surface area (Å²) >= 11 is 0. The van der Waals surface area contributed by atoms with Gasteiger partial charge in [0.25, 0.3) is 5.69 Å². The number of hydrogen-bond donors (Lipinski definition) is 1. The van der Waals surface area contributed by atoms with Gasteiger partial charge in [0, 0.05) is 35.0 Å². The number of ether oxygens (including phenoxy) is 1. The second-order valence-corrected chi connectivity index (χ2v) is 6.00. The van der Waals surface area contributed by atoms with Crippen molar-refractivity contribution in [2.24, 2.45) is 5.92 Å². The lowest BCUT2D eigenvalue weighted by Crippen LogP contribution is -2.63. The molecule has 0 aromatic heterocycles. The number of hydrogen-bond acceptors (Lipinski definition) is 5. The van der Waals surface area contributed by atoms with Gasteiger partial charge in [0.2, 0.25) is 0 Å². The number of nitro groups is 1. The first-order chi connectivity index (χ1) is 10.5. The van der Waals surface area contributed by atoms with Gasteiger partial charge in [-0.3, -0.25) is 10.1 Å². The molecule has 0 heterocycles. The highest BCUT2D eigenvalue weighted by Gasteiger charge is 2.56. The summed E-state index contributed by atoms with van der Waals surface area (Å²) in [5.41, 5.74) is 1.62. The second-order valence-electron chi connectivity index (χ2n) is 6.00. The number of esters is 1. The third-order valence-electron chi connectivity index (χ3n) is 4.37. The highest BCUT2D eigenvalue weighted by Crippen LogP contribution is 2.58. The summed E-state index contributed by atoms with van der Waals surface area (Å²) in [5.74, 6) is 0.384. The Bertz CT molecular complexity index is 637. The summed E-state index contributed by atoms with van der Waals surface area (Å²) in [6.07, 6.45) is 6.34. The van der Waals surface area contributed by atoms with Gasteiger partial charge in [0.15, 0.2) is 0 Å². The van der Waals surface area contributed by atoms with E-state index in [4.69, 9.17) is 4.74 Å². The van der Waals surface area contributed by atoms with Crippen LogP contribution in [-0.2, 0) is 9.53 Å². The Morgan fingerprint density at radius 1 is 1.50 bits per heavy atom. The standard InChI is InChI=1S/C16H18N2O4/c1-2-22-15(19)6-3-12-7-13(18(20)21)4-5-14(12)17-16-8-11(9-16)10-16/h3-7,11,17H,2,8-10H2,1H3/b6-3+. The van der Waals surface area contributed by atoms with Crippen LogP contribution < -0.4 is 5.32 Å². The van der Waals surface area contributed by atoms with Gasteiger partial charge in [-0.15, -0.1) is 0 Å². The molecule has 0 saturated heterocycles. The molecule has 6 heteroatoms. The number of carbonyl (C=O) groups excluding carboxylic acids is 1. The van der Waals surface area contributed by atoms with Crippen molar-refractivity contribution in [1.82, 2.24) is 0 Å². The Balaban J connectivity index is 1.83. The van der Waals surface area contributed by atoms with Crippen LogP contribution in [0.2, 0.25) is 0 Å². The maximum Gasteiger partial charge on any atom is 0.330 e. The first-order valence-corrected chi connectivity index (χ1v) is 7.43. The summed E-state index contributed by atoms with van der Waals surface area (Å²) in [6.45, 7) is 2.03. The van der Waals surface area contributed by atoms with Crippen LogP contribution in [0.1, 0.15) is 31.7 Å². The topological polar surface area (TPSA) is 81.5 Å². The molecule has 1 aromatic carbocycles. The quantitative estimate of drug-likeness (QED) is 0.378. The highest BCUT2D eigenvalue weighted by molar-refractivity contribution is 5.88. The van der Waals surface area contributed by atoms with Crippen LogP contribution in [0, 0.1) is 16.0 Å². The van der Waals surface area contributed by atoms with Crippen molar-refractivity contribution >= 4 is 23.4 Å². The molecular weight excluding hydrogens is 284 g/mol. The van der Waals surface area contributed by atoms with Crippen LogP contribution >= 0.6 is 0 Å². The van der Waals surface area contributed by atoms with E-state index in [2.05, 4.69) is 5.32 Å². The lowest BCUT2D eigenvalue weighted by molar-refractivity contribution is -0.384. The lowest BCUT2D eigenvalue weighted by atomic mass is 9.50. The van der Waals surface area contributed by atoms with Gasteiger partial charge in [0.1, 0.15) is 0 Å². The van der Waals surface area contributed by atoms with Crippen LogP contribution in [0.4, 0.5) is 11.4 Å². The molecule has 1 aromatic rings. The molecule has 0 aliphatic heterocycles. The van der Waals surface area contributed by atoms with Crippen LogP contribution in [0.15, 0.2) is 24.3 Å². The van der Waals surface area contributed by atoms with Crippen molar-refractivity contribution < 1.29 is 14.5 Å². The lowest BCUT2D eigenvalue weighted by Gasteiger charge is -2.62. The summed E-state index contributed by atoms with van der Waals surface area (Å²) in [4.78, 5) is 21.9. The van der Waals surface area contributed by atoms with E-state index in [-0.39, 0.29) is 11.2 Å². The summed E-state index contributed by atoms with van der Waals surface area (Å²) in [6, 6.07) is 4.67. The number of anilines is 1. The fraction of sp³-hybridized carbons (Fsp3) is 0.438. The van der Waals surface area contributed by atoms with Crippen molar-refractivity contribution in [3.05, 3.63) is 40.0 Å². The molecule has 22 heavy (non-hydrogen) atoms. The highest BCUT2D eigenvalue weighted by atomic mass is 16.6. The van der Waals surface area contributed by atoms with E-state index in [1.807, 2.05) is 0 Å². The van der Waals surface area contributed by atoms with Crippen molar-refractivity contribution in [2.45, 2.75) is 31.7 Å². The Kier molecular flexibility index (Phi) is 3.60. The van der Waals surface area contributed by atoms with Crippen LogP contribution in [-0.4, -0.2) is 23.0 Å². The molecular formula is C16H18N2O4. The van der Waals surface area contributed by atoms with E-state index in [1.165, 1.54) is 18.2 Å². The first-order valence-electron chi connectivity index (χ1n) is 7.43. The largest absolute Gasteiger partial charge is 0.463 e. The Morgan fingerprint density at radius 2 is 2.23 bits per heavy atom. The molecule has 3 saturated carbocycles. The third-order valence-corrected chi connectivity index (χ3v) is 4.37. The molecule has 1 N–H and O–H groups in total. The summed E-state index contributed by atoms with van der Waals surface area (Å²) in [7, 11) is 0. The number of nitrogens with zero attached hydrogens (tertiary/aromatic N) is 1. The molecule has 4 rings (SSSR count). The van der Waals surface area contributed by atoms with Gasteiger partial charge in [-0.25, -0.2) is 4.79 Å². The van der Waals surface area contributed by atoms with E-state index in [0.717, 1.165) is 30.9 Å². The molecule has 0 spiro atoms. The number of non-ortho nitro benzene ring substituents is 1. The zero-order valence-corrected chi connectivity index (χ0v) is 12.4. The minimum Gasteiger partial charge on any atom is -0.463 e. The fourth-order valence-electron chi connectivity index (χ4n) is 3.18. The third kappa shape index (κ3) is 2.68. The van der Waals surface area contributed by atoms with Crippen molar-refractivity contribution in [3.63, 3.8) is 0 Å². The van der Waals surface area contributed by atoms with Gasteiger partial charge in [-0.2, -0.15) is 0 Å². The van der Waals surface area contributed by atoms with E-state index in [9.17, 15) is 14.9 Å². The van der Waals surface area contributed by atoms with Gasteiger partial charge in [0.05, 0.1) is 11.5 Å². The molecule has 3 aliphatic rings. The molecule has 3 aliphatic carbocycles. The molecule has 0 atom stereocenters. The molecule has 116 valence electrons. The molecule has 3 fully saturated rings. The summed E-state index contributed by atoms with van der Waals surface area (Å²) < 4.78 is 4.84. The number of nitrogens with one attached hydrogen (secondary N) is 1. The Labute approximate surface area is 128 Å². The van der Waals surface area contributed by atoms with E-state index < -0.39 is 10.9 Å². The average molecular weight is 302 g/mol. The van der Waals surface area contributed by atoms with Crippen LogP contribution in [0.3, 0.4) is 0 Å². The maximum atomic E-state index is 11.4. The molecule has 6 nitrogen and oxygen atoms in total. The monoisotopic (exact) mass is 302 g/mol. The minimum absolute atomic E-state index is 0.00616. The zero-order chi connectivity index (χ0) is 15.7. The van der Waals surface area contributed by atoms with E-state index in [1.54, 1.807) is 19.1 Å². The number of rotatable bonds is 6. The maximum absolute atomic E-state index is 11.4. The van der Waals surface area contributed by atoms with Crippen molar-refractivity contribution in [2.75, 3.05) is 11.9 Å². The van der Waals surface area contributed by atoms with Crippen LogP contribution in [0.5, 0.6) is 0 Å². The number of benzene rings is 1. The Morgan fingerprint density at radius 3 is 2.77 bits per heavy atom. The zero-order valence-electron chi connectivity index (χ0n) is 12.4. The van der Waals surface area contributed by atoms with Gasteiger partial charge < -0.3 is 10.1 Å². The molecule has 2 bridgehead atoms. The van der Waals surface area contributed by atoms with E-state index >= 15 is 0 Å². The Hall–Kier alpha value is -2.37. The minimum atomic E-state index is -0.453. The predicted octanol–water partition coefficient (Wildman–Crippen LogP) is 3.14. The normalized spacial score (nSPS) is 25.2. The van der Waals surface area contributed by atoms with Crippen molar-refractivity contribution in [3.8, 4) is 0 Å². The predicted molar refractivity (Wildman–Crippen MR) is 82.5 cm³/mol.